The zero-order valence-electron chi connectivity index (χ0n) is 6.96. The summed E-state index contributed by atoms with van der Waals surface area (Å²) in [6, 6.07) is -0.749. The Morgan fingerprint density at radius 3 is 1.77 bits per heavy atom. The molecule has 5 nitrogen and oxygen atoms in total. The predicted molar refractivity (Wildman–Crippen MR) is 53.4 cm³/mol. The molecule has 0 aromatic carbocycles. The average molecular weight is 235 g/mol. The molecule has 1 heterocycles. The van der Waals surface area contributed by atoms with Crippen LogP contribution in [0.15, 0.2) is 0 Å². The van der Waals surface area contributed by atoms with E-state index in [0.717, 1.165) is 0 Å². The molecule has 1 aliphatic heterocycles. The zero-order chi connectivity index (χ0) is 8.43. The molecule has 0 aromatic rings. The Morgan fingerprint density at radius 1 is 1.08 bits per heavy atom. The third-order valence-corrected chi connectivity index (χ3v) is 2.05. The van der Waals surface area contributed by atoms with Gasteiger partial charge in [-0.1, -0.05) is 0 Å². The Bertz CT molecular complexity index is 123. The van der Waals surface area contributed by atoms with Gasteiger partial charge in [0.15, 0.2) is 0 Å². The summed E-state index contributed by atoms with van der Waals surface area (Å²) >= 11 is 0. The summed E-state index contributed by atoms with van der Waals surface area (Å²) < 4.78 is 0. The van der Waals surface area contributed by atoms with Crippen LogP contribution in [0.25, 0.3) is 0 Å². The van der Waals surface area contributed by atoms with E-state index in [1.807, 2.05) is 0 Å². The smallest absolute Gasteiger partial charge is 0.0989 e. The van der Waals surface area contributed by atoms with Crippen molar-refractivity contribution < 1.29 is 15.3 Å². The lowest BCUT2D eigenvalue weighted by molar-refractivity contribution is 0.0205. The maximum atomic E-state index is 9.26. The number of hydrogen-bond donors (Lipinski definition) is 5. The molecule has 0 spiro atoms. The summed E-state index contributed by atoms with van der Waals surface area (Å²) in [4.78, 5) is 0. The summed E-state index contributed by atoms with van der Waals surface area (Å²) in [5.41, 5.74) is 5.29. The molecule has 1 saturated heterocycles. The highest BCUT2D eigenvalue weighted by molar-refractivity contribution is 5.85. The van der Waals surface area contributed by atoms with Gasteiger partial charge in [0.25, 0.3) is 0 Å². The number of halogens is 2. The molecule has 1 fully saturated rings. The standard InChI is InChI=1S/C6H14N2O3.2ClH/c7-1-3-5(10)6(11)4(2-9)8-3;;/h3-6,8-11H,1-2,7H2;2*1H/t3-,4-,5-,6+;;/m0../s1. The average Bonchev–Trinajstić information content (AvgIpc) is 2.30. The van der Waals surface area contributed by atoms with Crippen LogP contribution in [-0.2, 0) is 0 Å². The van der Waals surface area contributed by atoms with Crippen molar-refractivity contribution in [3.05, 3.63) is 0 Å². The van der Waals surface area contributed by atoms with Crippen LogP contribution in [0, 0.1) is 0 Å². The molecule has 6 N–H and O–H groups in total. The fourth-order valence-electron chi connectivity index (χ4n) is 1.32. The van der Waals surface area contributed by atoms with Gasteiger partial charge in [0.2, 0.25) is 0 Å². The Balaban J connectivity index is 0. The first-order valence-corrected chi connectivity index (χ1v) is 3.63. The van der Waals surface area contributed by atoms with Gasteiger partial charge in [-0.3, -0.25) is 0 Å². The van der Waals surface area contributed by atoms with Gasteiger partial charge in [-0.15, -0.1) is 24.8 Å². The molecule has 0 unspecified atom stereocenters. The fourth-order valence-corrected chi connectivity index (χ4v) is 1.32. The molecule has 0 bridgehead atoms. The van der Waals surface area contributed by atoms with E-state index in [1.54, 1.807) is 0 Å². The molecule has 0 aromatic heterocycles. The van der Waals surface area contributed by atoms with E-state index in [-0.39, 0.29) is 44.0 Å². The second-order valence-corrected chi connectivity index (χ2v) is 2.78. The minimum absolute atomic E-state index is 0. The normalized spacial score (nSPS) is 37.8. The number of nitrogens with two attached hydrogens (primary N) is 1. The van der Waals surface area contributed by atoms with Gasteiger partial charge in [0.1, 0.15) is 0 Å². The minimum atomic E-state index is -0.909. The number of hydrogen-bond acceptors (Lipinski definition) is 5. The summed E-state index contributed by atoms with van der Waals surface area (Å²) in [5.74, 6) is 0. The first-order chi connectivity index (χ1) is 5.20. The highest BCUT2D eigenvalue weighted by Gasteiger charge is 2.39. The van der Waals surface area contributed by atoms with E-state index in [9.17, 15) is 10.2 Å². The number of nitrogens with one attached hydrogen (secondary N) is 1. The number of aliphatic hydroxyl groups is 3. The lowest BCUT2D eigenvalue weighted by Crippen LogP contribution is -2.40. The van der Waals surface area contributed by atoms with E-state index in [4.69, 9.17) is 10.8 Å². The molecule has 1 rings (SSSR count). The number of aliphatic hydroxyl groups excluding tert-OH is 3. The van der Waals surface area contributed by atoms with E-state index in [0.29, 0.717) is 0 Å². The van der Waals surface area contributed by atoms with Gasteiger partial charge >= 0.3 is 0 Å². The van der Waals surface area contributed by atoms with Crippen LogP contribution in [0.4, 0.5) is 0 Å². The van der Waals surface area contributed by atoms with Crippen molar-refractivity contribution in [2.24, 2.45) is 5.73 Å². The quantitative estimate of drug-likeness (QED) is 0.375. The summed E-state index contributed by atoms with van der Waals surface area (Å²) in [5, 5.41) is 30.0. The Hall–Kier alpha value is 0.380. The zero-order valence-corrected chi connectivity index (χ0v) is 8.59. The first kappa shape index (κ1) is 15.8. The van der Waals surface area contributed by atoms with E-state index >= 15 is 0 Å². The van der Waals surface area contributed by atoms with Crippen LogP contribution in [0.3, 0.4) is 0 Å². The van der Waals surface area contributed by atoms with Gasteiger partial charge < -0.3 is 26.4 Å². The van der Waals surface area contributed by atoms with Crippen molar-refractivity contribution in [3.63, 3.8) is 0 Å². The molecule has 4 atom stereocenters. The van der Waals surface area contributed by atoms with Crippen molar-refractivity contribution in [2.45, 2.75) is 24.3 Å². The molecular formula is C6H16Cl2N2O3. The molecule has 0 aliphatic carbocycles. The van der Waals surface area contributed by atoms with E-state index in [1.165, 1.54) is 0 Å². The van der Waals surface area contributed by atoms with Crippen LogP contribution >= 0.6 is 24.8 Å². The molecule has 0 radical (unpaired) electrons. The van der Waals surface area contributed by atoms with Gasteiger partial charge in [0, 0.05) is 12.6 Å². The van der Waals surface area contributed by atoms with Crippen LogP contribution in [-0.4, -0.2) is 52.8 Å². The van der Waals surface area contributed by atoms with Crippen molar-refractivity contribution in [1.29, 1.82) is 0 Å². The highest BCUT2D eigenvalue weighted by atomic mass is 35.5. The molecule has 7 heteroatoms. The Kier molecular flexibility index (Phi) is 8.26. The van der Waals surface area contributed by atoms with Crippen molar-refractivity contribution in [1.82, 2.24) is 5.32 Å². The fraction of sp³-hybridized carbons (Fsp3) is 1.00. The van der Waals surface area contributed by atoms with Crippen molar-refractivity contribution in [2.75, 3.05) is 13.2 Å². The van der Waals surface area contributed by atoms with Gasteiger partial charge in [0.05, 0.1) is 24.9 Å². The summed E-state index contributed by atoms with van der Waals surface area (Å²) in [7, 11) is 0. The van der Waals surface area contributed by atoms with Gasteiger partial charge in [-0.25, -0.2) is 0 Å². The van der Waals surface area contributed by atoms with Gasteiger partial charge in [-0.2, -0.15) is 0 Å². The largest absolute Gasteiger partial charge is 0.395 e. The number of rotatable bonds is 2. The maximum absolute atomic E-state index is 9.26. The third kappa shape index (κ3) is 3.21. The van der Waals surface area contributed by atoms with E-state index in [2.05, 4.69) is 5.32 Å². The lowest BCUT2D eigenvalue weighted by Gasteiger charge is -2.12. The SMILES string of the molecule is Cl.Cl.NC[C@@H]1N[C@@H](CO)[C@@H](O)[C@H]1O. The molecule has 13 heavy (non-hydrogen) atoms. The molecule has 82 valence electrons. The van der Waals surface area contributed by atoms with Gasteiger partial charge in [-0.05, 0) is 0 Å². The first-order valence-electron chi connectivity index (χ1n) is 3.63. The Labute approximate surface area is 89.1 Å². The predicted octanol–water partition coefficient (Wildman–Crippen LogP) is -2.16. The van der Waals surface area contributed by atoms with Crippen LogP contribution in [0.5, 0.6) is 0 Å². The lowest BCUT2D eigenvalue weighted by atomic mass is 10.1. The van der Waals surface area contributed by atoms with Crippen LogP contribution in [0.2, 0.25) is 0 Å². The molecule has 0 amide bonds. The summed E-state index contributed by atoms with van der Waals surface area (Å²) in [6.07, 6.45) is -1.77. The van der Waals surface area contributed by atoms with Crippen LogP contribution in [0.1, 0.15) is 0 Å². The second-order valence-electron chi connectivity index (χ2n) is 2.78. The van der Waals surface area contributed by atoms with Crippen molar-refractivity contribution >= 4 is 24.8 Å². The highest BCUT2D eigenvalue weighted by Crippen LogP contribution is 2.12. The monoisotopic (exact) mass is 234 g/mol. The molecular weight excluding hydrogens is 219 g/mol. The second kappa shape index (κ2) is 6.78. The Morgan fingerprint density at radius 2 is 1.54 bits per heavy atom. The third-order valence-electron chi connectivity index (χ3n) is 2.05. The molecule has 0 saturated carbocycles. The maximum Gasteiger partial charge on any atom is 0.0989 e. The topological polar surface area (TPSA) is 98.7 Å². The van der Waals surface area contributed by atoms with E-state index < -0.39 is 18.2 Å². The minimum Gasteiger partial charge on any atom is -0.395 e. The molecule has 1 aliphatic rings. The van der Waals surface area contributed by atoms with Crippen molar-refractivity contribution in [3.8, 4) is 0 Å². The summed E-state index contributed by atoms with van der Waals surface area (Å²) in [6.45, 7) is 0.0729. The van der Waals surface area contributed by atoms with Crippen LogP contribution < -0.4 is 11.1 Å².